The molecule has 0 aromatic carbocycles. The van der Waals surface area contributed by atoms with Crippen LogP contribution >= 0.6 is 0 Å². The molecule has 0 aromatic heterocycles. The van der Waals surface area contributed by atoms with E-state index >= 15 is 0 Å². The van der Waals surface area contributed by atoms with Gasteiger partial charge in [-0.25, -0.2) is 0 Å². The smallest absolute Gasteiger partial charge is 0.306 e. The van der Waals surface area contributed by atoms with Crippen molar-refractivity contribution in [3.63, 3.8) is 0 Å². The van der Waals surface area contributed by atoms with Crippen molar-refractivity contribution in [1.29, 1.82) is 0 Å². The predicted octanol–water partition coefficient (Wildman–Crippen LogP) is -5.66. The largest absolute Gasteiger partial charge is 0.481 e. The van der Waals surface area contributed by atoms with E-state index in [1.807, 2.05) is 0 Å². The van der Waals surface area contributed by atoms with Crippen molar-refractivity contribution in [3.05, 3.63) is 0 Å². The first-order chi connectivity index (χ1) is 20.4. The summed E-state index contributed by atoms with van der Waals surface area (Å²) in [5.41, 5.74) is 0. The summed E-state index contributed by atoms with van der Waals surface area (Å²) in [6.07, 6.45) is -23.3. The Balaban J connectivity index is -0.000000337. The molecule has 3 aliphatic rings. The van der Waals surface area contributed by atoms with Gasteiger partial charge in [-0.2, -0.15) is 0 Å². The van der Waals surface area contributed by atoms with E-state index in [1.165, 1.54) is 0 Å². The average Bonchev–Trinajstić information content (AvgIpc) is 2.99. The fraction of sp³-hybridized carbons (Fsp3) is 0.960. The van der Waals surface area contributed by atoms with E-state index in [4.69, 9.17) is 33.5 Å². The molecule has 0 amide bonds. The molecule has 3 saturated heterocycles. The molecular weight excluding hydrogens is 2860 g/mol. The van der Waals surface area contributed by atoms with E-state index in [0.29, 0.717) is 19.3 Å². The Hall–Kier alpha value is 13.2. The van der Waals surface area contributed by atoms with Crippen LogP contribution in [-0.4, -0.2) is 181 Å². The van der Waals surface area contributed by atoms with Crippen LogP contribution in [0, 0.1) is 447 Å². The minimum Gasteiger partial charge on any atom is -0.481 e. The van der Waals surface area contributed by atoms with Crippen molar-refractivity contribution < 1.29 is 530 Å². The number of hydrogen-bond donors (Lipinski definition) is 11. The minimum atomic E-state index is -1.93. The van der Waals surface area contributed by atoms with Crippen LogP contribution in [0.3, 0.4) is 0 Å². The minimum absolute atomic E-state index is 0. The molecule has 3 aliphatic heterocycles. The second kappa shape index (κ2) is 45.1. The fourth-order valence-corrected chi connectivity index (χ4v) is 5.06. The van der Waals surface area contributed by atoms with Crippen LogP contribution in [0.25, 0.3) is 0 Å². The average molecular weight is 2900 g/mol. The number of aliphatic carboxylic acids is 1. The Labute approximate surface area is 667 Å². The van der Waals surface area contributed by atoms with Crippen molar-refractivity contribution in [2.24, 2.45) is 5.92 Å². The third kappa shape index (κ3) is 26.5. The fourth-order valence-electron chi connectivity index (χ4n) is 5.06. The number of hydrogen-bond acceptors (Lipinski definition) is 17. The van der Waals surface area contributed by atoms with E-state index < -0.39 is 124 Å². The summed E-state index contributed by atoms with van der Waals surface area (Å²) in [4.78, 5) is 10.9. The molecule has 16 atom stereocenters. The third-order valence-electron chi connectivity index (χ3n) is 7.81. The van der Waals surface area contributed by atoms with Crippen molar-refractivity contribution in [2.75, 3.05) is 26.4 Å². The summed E-state index contributed by atoms with van der Waals surface area (Å²) in [5, 5.41) is 111. The number of ether oxygens (including phenoxy) is 6. The summed E-state index contributed by atoms with van der Waals surface area (Å²) >= 11 is 0. The van der Waals surface area contributed by atoms with Crippen molar-refractivity contribution in [3.8, 4) is 0 Å². The zero-order valence-corrected chi connectivity index (χ0v) is 76.7. The van der Waals surface area contributed by atoms with Crippen LogP contribution in [0.2, 0.25) is 0 Å². The Kier molecular flexibility index (Phi) is 70.8. The number of aliphatic hydroxyl groups is 10. The van der Waals surface area contributed by atoms with Gasteiger partial charge in [-0.3, -0.25) is 4.79 Å². The maximum Gasteiger partial charge on any atom is 0.306 e. The molecule has 0 aromatic rings. The first kappa shape index (κ1) is 83.1. The molecule has 282 valence electrons. The van der Waals surface area contributed by atoms with Gasteiger partial charge >= 0.3 is 5.97 Å². The Morgan fingerprint density at radius 2 is 0.887 bits per heavy atom. The second-order valence-electron chi connectivity index (χ2n) is 10.9. The van der Waals surface area contributed by atoms with E-state index in [1.54, 1.807) is 6.92 Å². The second-order valence-corrected chi connectivity index (χ2v) is 10.9. The van der Waals surface area contributed by atoms with Crippen LogP contribution in [0.1, 0.15) is 26.2 Å². The monoisotopic (exact) mass is 2900 g/mol. The van der Waals surface area contributed by atoms with E-state index in [9.17, 15) is 55.9 Å². The number of unbranched alkanes of at least 4 members (excludes halogenated alkanes) is 1. The van der Waals surface area contributed by atoms with Crippen LogP contribution < -0.4 is 0 Å². The van der Waals surface area contributed by atoms with Crippen LogP contribution in [0.4, 0.5) is 0 Å². The molecule has 3 rings (SSSR count). The maximum absolute atomic E-state index is 10.9. The van der Waals surface area contributed by atoms with Gasteiger partial charge in [0.1, 0.15) is 73.2 Å². The Morgan fingerprint density at radius 1 is 0.528 bits per heavy atom. The predicted molar refractivity (Wildman–Crippen MR) is 136 cm³/mol. The molecule has 53 heavy (non-hydrogen) atoms. The molecule has 0 spiro atoms. The molecule has 3 fully saturated rings. The molecule has 18 nitrogen and oxygen atoms in total. The topological polar surface area (TPSA) is 295 Å². The Bertz CT molecular complexity index is 882. The quantitative estimate of drug-likeness (QED) is 0.0723. The molecular formula is C25H44Ac10O18. The summed E-state index contributed by atoms with van der Waals surface area (Å²) in [5.74, 6) is -1.46. The molecule has 11 N–H and O–H groups in total. The summed E-state index contributed by atoms with van der Waals surface area (Å²) in [7, 11) is 0. The van der Waals surface area contributed by atoms with Gasteiger partial charge in [0.15, 0.2) is 18.9 Å². The number of rotatable bonds is 14. The van der Waals surface area contributed by atoms with Gasteiger partial charge in [0.2, 0.25) is 0 Å². The SMILES string of the molecule is C[C@@H](CCCCO[C@@H]1OC(CO)[C@H](O[C@@H]2OC(CO)[C@H](O[C@@H]3OC(CO)[C@H](O)[C@H](O)C3O)[C@H](O)C2O)[C@H](O)C1O)C(=O)O.[Ac].[Ac].[Ac].[Ac].[Ac].[Ac].[Ac].[Ac].[Ac].[Ac]. The van der Waals surface area contributed by atoms with Gasteiger partial charge in [-0.1, -0.05) is 13.3 Å². The van der Waals surface area contributed by atoms with Gasteiger partial charge in [-0.05, 0) is 12.8 Å². The Morgan fingerprint density at radius 3 is 1.28 bits per heavy atom. The summed E-state index contributed by atoms with van der Waals surface area (Å²) < 4.78 is 32.9. The molecule has 6 unspecified atom stereocenters. The van der Waals surface area contributed by atoms with Crippen LogP contribution in [0.5, 0.6) is 0 Å². The summed E-state index contributed by atoms with van der Waals surface area (Å²) in [6.45, 7) is -0.695. The standard InChI is InChI=1S/C25H44O18.10Ac/c1-9(22(36)37)4-2-3-5-38-23-18(34)15(31)20(11(7-27)40-23)43-25-19(35)16(32)21(12(8-28)41-25)42-24-17(33)14(30)13(29)10(6-26)39-24;;;;;;;;;;/h9-21,23-35H,2-8H2,1H3,(H,36,37);;;;;;;;;;/t9-,10?,11?,12?,13-,14-,15+,16+,17?,18?,19?,20-,21-,23+,24-,25-;;;;;;;;;;/m0........../s1. The molecule has 0 aliphatic carbocycles. The van der Waals surface area contributed by atoms with Crippen molar-refractivity contribution in [1.82, 2.24) is 0 Å². The molecule has 10 radical (unpaired) electrons. The zero-order chi connectivity index (χ0) is 32.0. The van der Waals surface area contributed by atoms with E-state index in [2.05, 4.69) is 0 Å². The number of aliphatic hydroxyl groups excluding tert-OH is 10. The van der Waals surface area contributed by atoms with Crippen LogP contribution in [0.15, 0.2) is 0 Å². The zero-order valence-electron chi connectivity index (χ0n) is 29.2. The van der Waals surface area contributed by atoms with Crippen molar-refractivity contribution >= 4 is 5.97 Å². The van der Waals surface area contributed by atoms with Gasteiger partial charge in [0.05, 0.1) is 25.7 Å². The van der Waals surface area contributed by atoms with Gasteiger partial charge in [-0.15, -0.1) is 0 Å². The molecule has 0 bridgehead atoms. The molecule has 28 heteroatoms. The maximum atomic E-state index is 10.9. The van der Waals surface area contributed by atoms with Crippen molar-refractivity contribution in [2.45, 2.75) is 118 Å². The molecule has 3 heterocycles. The third-order valence-corrected chi connectivity index (χ3v) is 7.81. The normalized spacial score (nSPS) is 36.2. The van der Waals surface area contributed by atoms with E-state index in [-0.39, 0.29) is 447 Å². The number of carboxylic acids is 1. The van der Waals surface area contributed by atoms with Gasteiger partial charge in [0.25, 0.3) is 0 Å². The van der Waals surface area contributed by atoms with Crippen LogP contribution in [-0.2, 0) is 33.2 Å². The number of carbonyl (C=O) groups is 1. The summed E-state index contributed by atoms with van der Waals surface area (Å²) in [6, 6.07) is 0. The van der Waals surface area contributed by atoms with Gasteiger partial charge in [0, 0.05) is 447 Å². The number of carboxylic acid groups (broad SMARTS) is 1. The first-order valence-electron chi connectivity index (χ1n) is 14.1. The first-order valence-corrected chi connectivity index (χ1v) is 14.1. The van der Waals surface area contributed by atoms with Gasteiger partial charge < -0.3 is 84.6 Å². The van der Waals surface area contributed by atoms with E-state index in [0.717, 1.165) is 0 Å². The molecule has 0 saturated carbocycles.